The van der Waals surface area contributed by atoms with Crippen LogP contribution in [0.4, 0.5) is 0 Å². The molecule has 26 heavy (non-hydrogen) atoms. The summed E-state index contributed by atoms with van der Waals surface area (Å²) in [5, 5.41) is 9.24. The first-order valence-corrected chi connectivity index (χ1v) is 9.21. The fourth-order valence-corrected chi connectivity index (χ4v) is 2.49. The summed E-state index contributed by atoms with van der Waals surface area (Å²) >= 11 is 0. The molecule has 146 valence electrons. The molecule has 1 unspecified atom stereocenters. The molecule has 6 heteroatoms. The molecule has 0 aliphatic rings. The van der Waals surface area contributed by atoms with Gasteiger partial charge in [-0.25, -0.2) is 0 Å². The van der Waals surface area contributed by atoms with Gasteiger partial charge in [-0.05, 0) is 46.7 Å². The molecule has 0 fully saturated rings. The summed E-state index contributed by atoms with van der Waals surface area (Å²) in [6, 6.07) is 10.9. The van der Waals surface area contributed by atoms with Crippen molar-refractivity contribution in [2.45, 2.75) is 52.2 Å². The Labute approximate surface area is 158 Å². The highest BCUT2D eigenvalue weighted by Crippen LogP contribution is 2.07. The van der Waals surface area contributed by atoms with Crippen LogP contribution in [0.15, 0.2) is 35.3 Å². The SMILES string of the molecule is CN=C(NCCC(C)N(C)Cc1ccccc1)NCC(=O)NC(C)(C)C. The van der Waals surface area contributed by atoms with Crippen LogP contribution in [0.3, 0.4) is 0 Å². The molecule has 1 atom stereocenters. The van der Waals surface area contributed by atoms with Gasteiger partial charge in [-0.1, -0.05) is 30.3 Å². The zero-order chi connectivity index (χ0) is 19.6. The molecular weight excluding hydrogens is 326 g/mol. The van der Waals surface area contributed by atoms with Gasteiger partial charge in [0, 0.05) is 31.7 Å². The number of nitrogens with one attached hydrogen (secondary N) is 3. The Morgan fingerprint density at radius 1 is 1.19 bits per heavy atom. The van der Waals surface area contributed by atoms with Gasteiger partial charge < -0.3 is 16.0 Å². The molecule has 3 N–H and O–H groups in total. The van der Waals surface area contributed by atoms with Gasteiger partial charge in [0.1, 0.15) is 0 Å². The van der Waals surface area contributed by atoms with Crippen LogP contribution < -0.4 is 16.0 Å². The summed E-state index contributed by atoms with van der Waals surface area (Å²) in [6.07, 6.45) is 0.984. The van der Waals surface area contributed by atoms with E-state index in [0.29, 0.717) is 12.0 Å². The van der Waals surface area contributed by atoms with E-state index in [0.717, 1.165) is 19.5 Å². The maximum absolute atomic E-state index is 11.9. The van der Waals surface area contributed by atoms with Crippen molar-refractivity contribution >= 4 is 11.9 Å². The third-order valence-electron chi connectivity index (χ3n) is 4.04. The van der Waals surface area contributed by atoms with Crippen LogP contribution in [0.1, 0.15) is 39.7 Å². The first-order chi connectivity index (χ1) is 12.2. The zero-order valence-corrected chi connectivity index (χ0v) is 17.1. The van der Waals surface area contributed by atoms with E-state index < -0.39 is 0 Å². The van der Waals surface area contributed by atoms with Crippen molar-refractivity contribution in [1.29, 1.82) is 0 Å². The van der Waals surface area contributed by atoms with Crippen LogP contribution in [0.25, 0.3) is 0 Å². The molecule has 0 heterocycles. The monoisotopic (exact) mass is 361 g/mol. The summed E-state index contributed by atoms with van der Waals surface area (Å²) in [6.45, 7) is 10.0. The fraction of sp³-hybridized carbons (Fsp3) is 0.600. The zero-order valence-electron chi connectivity index (χ0n) is 17.1. The van der Waals surface area contributed by atoms with E-state index in [-0.39, 0.29) is 18.0 Å². The lowest BCUT2D eigenvalue weighted by molar-refractivity contribution is -0.121. The first-order valence-electron chi connectivity index (χ1n) is 9.21. The van der Waals surface area contributed by atoms with E-state index in [4.69, 9.17) is 0 Å². The Kier molecular flexibility index (Phi) is 9.13. The van der Waals surface area contributed by atoms with Crippen LogP contribution >= 0.6 is 0 Å². The number of carbonyl (C=O) groups is 1. The Balaban J connectivity index is 2.30. The lowest BCUT2D eigenvalue weighted by Crippen LogP contribution is -2.48. The molecule has 0 spiro atoms. The molecule has 1 amide bonds. The number of hydrogen-bond donors (Lipinski definition) is 3. The predicted molar refractivity (Wildman–Crippen MR) is 109 cm³/mol. The molecular formula is C20H35N5O. The maximum atomic E-state index is 11.9. The van der Waals surface area contributed by atoms with E-state index in [1.54, 1.807) is 7.05 Å². The summed E-state index contributed by atoms with van der Waals surface area (Å²) in [5.41, 5.74) is 1.09. The van der Waals surface area contributed by atoms with Crippen molar-refractivity contribution in [3.63, 3.8) is 0 Å². The highest BCUT2D eigenvalue weighted by Gasteiger charge is 2.14. The van der Waals surface area contributed by atoms with Gasteiger partial charge in [0.2, 0.25) is 5.91 Å². The lowest BCUT2D eigenvalue weighted by Gasteiger charge is -2.25. The van der Waals surface area contributed by atoms with Crippen LogP contribution in [0, 0.1) is 0 Å². The van der Waals surface area contributed by atoms with Gasteiger partial charge in [-0.3, -0.25) is 14.7 Å². The number of benzene rings is 1. The van der Waals surface area contributed by atoms with E-state index in [9.17, 15) is 4.79 Å². The standard InChI is InChI=1S/C20H35N5O/c1-16(25(6)15-17-10-8-7-9-11-17)12-13-22-19(21-5)23-14-18(26)24-20(2,3)4/h7-11,16H,12-15H2,1-6H3,(H,24,26)(H2,21,22,23). The quantitative estimate of drug-likeness (QED) is 0.489. The Morgan fingerprint density at radius 3 is 2.42 bits per heavy atom. The molecule has 0 aromatic heterocycles. The summed E-state index contributed by atoms with van der Waals surface area (Å²) < 4.78 is 0. The van der Waals surface area contributed by atoms with Crippen LogP contribution in [-0.2, 0) is 11.3 Å². The summed E-state index contributed by atoms with van der Waals surface area (Å²) in [7, 11) is 3.85. The van der Waals surface area contributed by atoms with Crippen molar-refractivity contribution < 1.29 is 4.79 Å². The second-order valence-electron chi connectivity index (χ2n) is 7.69. The van der Waals surface area contributed by atoms with Crippen molar-refractivity contribution in [2.24, 2.45) is 4.99 Å². The fourth-order valence-electron chi connectivity index (χ4n) is 2.49. The highest BCUT2D eigenvalue weighted by molar-refractivity contribution is 5.86. The van der Waals surface area contributed by atoms with Crippen molar-refractivity contribution in [3.8, 4) is 0 Å². The smallest absolute Gasteiger partial charge is 0.239 e. The minimum Gasteiger partial charge on any atom is -0.356 e. The number of carbonyl (C=O) groups excluding carboxylic acids is 1. The predicted octanol–water partition coefficient (Wildman–Crippen LogP) is 1.98. The van der Waals surface area contributed by atoms with Crippen LogP contribution in [0.5, 0.6) is 0 Å². The summed E-state index contributed by atoms with van der Waals surface area (Å²) in [5.74, 6) is 0.600. The average molecular weight is 362 g/mol. The average Bonchev–Trinajstić information content (AvgIpc) is 2.57. The molecule has 1 aromatic rings. The number of amides is 1. The molecule has 0 saturated carbocycles. The van der Waals surface area contributed by atoms with Gasteiger partial charge in [0.25, 0.3) is 0 Å². The van der Waals surface area contributed by atoms with Gasteiger partial charge in [0.15, 0.2) is 5.96 Å². The number of nitrogens with zero attached hydrogens (tertiary/aromatic N) is 2. The normalized spacial score (nSPS) is 13.4. The molecule has 0 aliphatic carbocycles. The molecule has 0 radical (unpaired) electrons. The van der Waals surface area contributed by atoms with Gasteiger partial charge >= 0.3 is 0 Å². The molecule has 0 bridgehead atoms. The lowest BCUT2D eigenvalue weighted by atomic mass is 10.1. The number of hydrogen-bond acceptors (Lipinski definition) is 3. The number of rotatable bonds is 8. The van der Waals surface area contributed by atoms with Gasteiger partial charge in [-0.15, -0.1) is 0 Å². The van der Waals surface area contributed by atoms with E-state index >= 15 is 0 Å². The van der Waals surface area contributed by atoms with Crippen molar-refractivity contribution in [3.05, 3.63) is 35.9 Å². The van der Waals surface area contributed by atoms with E-state index in [2.05, 4.69) is 64.1 Å². The molecule has 1 aromatic carbocycles. The Hall–Kier alpha value is -2.08. The Bertz CT molecular complexity index is 565. The third-order valence-corrected chi connectivity index (χ3v) is 4.04. The molecule has 0 aliphatic heterocycles. The third kappa shape index (κ3) is 9.42. The van der Waals surface area contributed by atoms with Gasteiger partial charge in [-0.2, -0.15) is 0 Å². The van der Waals surface area contributed by atoms with Gasteiger partial charge in [0.05, 0.1) is 6.54 Å². The molecule has 0 saturated heterocycles. The highest BCUT2D eigenvalue weighted by atomic mass is 16.2. The molecule has 6 nitrogen and oxygen atoms in total. The maximum Gasteiger partial charge on any atom is 0.239 e. The van der Waals surface area contributed by atoms with Crippen molar-refractivity contribution in [2.75, 3.05) is 27.2 Å². The summed E-state index contributed by atoms with van der Waals surface area (Å²) in [4.78, 5) is 18.4. The topological polar surface area (TPSA) is 68.8 Å². The second kappa shape index (κ2) is 10.8. The minimum atomic E-state index is -0.228. The van der Waals surface area contributed by atoms with E-state index in [1.807, 2.05) is 26.8 Å². The van der Waals surface area contributed by atoms with E-state index in [1.165, 1.54) is 5.56 Å². The molecule has 1 rings (SSSR count). The van der Waals surface area contributed by atoms with Crippen LogP contribution in [-0.4, -0.2) is 55.5 Å². The first kappa shape index (κ1) is 22.0. The number of aliphatic imine (C=N–C) groups is 1. The minimum absolute atomic E-state index is 0.0450. The Morgan fingerprint density at radius 2 is 1.85 bits per heavy atom. The number of guanidine groups is 1. The van der Waals surface area contributed by atoms with Crippen LogP contribution in [0.2, 0.25) is 0 Å². The largest absolute Gasteiger partial charge is 0.356 e. The second-order valence-corrected chi connectivity index (χ2v) is 7.69. The van der Waals surface area contributed by atoms with Crippen molar-refractivity contribution in [1.82, 2.24) is 20.9 Å².